The van der Waals surface area contributed by atoms with Gasteiger partial charge in [0.05, 0.1) is 22.7 Å². The lowest BCUT2D eigenvalue weighted by atomic mass is 10.1. The van der Waals surface area contributed by atoms with Gasteiger partial charge >= 0.3 is 0 Å². The Bertz CT molecular complexity index is 665. The molecule has 0 aliphatic rings. The molecule has 0 radical (unpaired) electrons. The topological polar surface area (TPSA) is 124 Å². The number of carbonyl (C=O) groups excluding carboxylic acids is 1. The van der Waals surface area contributed by atoms with Crippen molar-refractivity contribution in [2.24, 2.45) is 0 Å². The number of para-hydroxylation sites is 1. The Morgan fingerprint density at radius 2 is 2.30 bits per heavy atom. The van der Waals surface area contributed by atoms with Crippen molar-refractivity contribution in [3.8, 4) is 0 Å². The Hall–Kier alpha value is -2.90. The number of nitrogens with zero attached hydrogens (tertiary/aromatic N) is 2. The molecule has 2 rings (SSSR count). The van der Waals surface area contributed by atoms with E-state index in [0.717, 1.165) is 0 Å². The van der Waals surface area contributed by atoms with Crippen molar-refractivity contribution in [3.63, 3.8) is 0 Å². The summed E-state index contributed by atoms with van der Waals surface area (Å²) in [4.78, 5) is 22.1. The van der Waals surface area contributed by atoms with Crippen molar-refractivity contribution in [2.75, 3.05) is 5.73 Å². The highest BCUT2D eigenvalue weighted by atomic mass is 16.6. The lowest BCUT2D eigenvalue weighted by Crippen LogP contribution is -2.23. The van der Waals surface area contributed by atoms with Gasteiger partial charge in [0.15, 0.2) is 5.76 Å². The molecule has 2 aromatic rings. The lowest BCUT2D eigenvalue weighted by molar-refractivity contribution is -0.383. The van der Waals surface area contributed by atoms with Crippen molar-refractivity contribution in [2.45, 2.75) is 13.5 Å². The van der Waals surface area contributed by atoms with E-state index >= 15 is 0 Å². The molecule has 0 unspecified atom stereocenters. The van der Waals surface area contributed by atoms with E-state index in [2.05, 4.69) is 10.5 Å². The summed E-state index contributed by atoms with van der Waals surface area (Å²) in [6.45, 7) is 1.88. The predicted octanol–water partition coefficient (Wildman–Crippen LogP) is 1.40. The van der Waals surface area contributed by atoms with E-state index in [0.29, 0.717) is 11.5 Å². The van der Waals surface area contributed by atoms with Crippen LogP contribution in [0.3, 0.4) is 0 Å². The molecular formula is C12H12N4O4. The number of nitrogen functional groups attached to an aromatic ring is 1. The number of aromatic nitrogens is 1. The van der Waals surface area contributed by atoms with Crippen molar-refractivity contribution in [1.82, 2.24) is 10.5 Å². The van der Waals surface area contributed by atoms with E-state index in [-0.39, 0.29) is 23.5 Å². The summed E-state index contributed by atoms with van der Waals surface area (Å²) in [6, 6.07) is 5.74. The monoisotopic (exact) mass is 276 g/mol. The fourth-order valence-electron chi connectivity index (χ4n) is 1.67. The van der Waals surface area contributed by atoms with Gasteiger partial charge in [0.25, 0.3) is 11.6 Å². The first-order valence-corrected chi connectivity index (χ1v) is 5.72. The molecule has 8 heteroatoms. The molecule has 1 amide bonds. The zero-order valence-electron chi connectivity index (χ0n) is 10.6. The van der Waals surface area contributed by atoms with Crippen molar-refractivity contribution < 1.29 is 14.2 Å². The molecule has 0 aliphatic heterocycles. The quantitative estimate of drug-likeness (QED) is 0.494. The third kappa shape index (κ3) is 2.74. The number of amides is 1. The standard InChI is InChI=1S/C12H12N4O4/c1-7-5-8(20-15-7)6-14-12(17)9-3-2-4-10(11(9)13)16(18)19/h2-5H,6,13H2,1H3,(H,14,17). The van der Waals surface area contributed by atoms with Crippen LogP contribution in [0.5, 0.6) is 0 Å². The van der Waals surface area contributed by atoms with Crippen LogP contribution in [0.15, 0.2) is 28.8 Å². The molecule has 0 bridgehead atoms. The largest absolute Gasteiger partial charge is 0.393 e. The minimum Gasteiger partial charge on any atom is -0.393 e. The molecule has 1 heterocycles. The Kier molecular flexibility index (Phi) is 3.65. The fraction of sp³-hybridized carbons (Fsp3) is 0.167. The predicted molar refractivity (Wildman–Crippen MR) is 69.9 cm³/mol. The number of aryl methyl sites for hydroxylation is 1. The number of nitrogens with two attached hydrogens (primary N) is 1. The maximum Gasteiger partial charge on any atom is 0.292 e. The number of benzene rings is 1. The summed E-state index contributed by atoms with van der Waals surface area (Å²) in [5.74, 6) is -0.0277. The number of hydrogen-bond acceptors (Lipinski definition) is 6. The summed E-state index contributed by atoms with van der Waals surface area (Å²) < 4.78 is 4.94. The van der Waals surface area contributed by atoms with Crippen LogP contribution in [0.4, 0.5) is 11.4 Å². The van der Waals surface area contributed by atoms with Crippen LogP contribution in [0.2, 0.25) is 0 Å². The Labute approximate surface area is 113 Å². The molecule has 8 nitrogen and oxygen atoms in total. The van der Waals surface area contributed by atoms with Crippen LogP contribution in [0.1, 0.15) is 21.8 Å². The molecular weight excluding hydrogens is 264 g/mol. The second-order valence-electron chi connectivity index (χ2n) is 4.11. The average Bonchev–Trinajstić information content (AvgIpc) is 2.81. The first-order valence-electron chi connectivity index (χ1n) is 5.72. The number of nitro benzene ring substituents is 1. The molecule has 3 N–H and O–H groups in total. The van der Waals surface area contributed by atoms with Crippen molar-refractivity contribution >= 4 is 17.3 Å². The van der Waals surface area contributed by atoms with E-state index in [4.69, 9.17) is 10.3 Å². The first-order chi connectivity index (χ1) is 9.49. The van der Waals surface area contributed by atoms with Gasteiger partial charge in [-0.2, -0.15) is 0 Å². The Morgan fingerprint density at radius 1 is 1.55 bits per heavy atom. The molecule has 0 atom stereocenters. The number of nitro groups is 1. The highest BCUT2D eigenvalue weighted by molar-refractivity contribution is 6.00. The summed E-state index contributed by atoms with van der Waals surface area (Å²) >= 11 is 0. The second kappa shape index (κ2) is 5.39. The average molecular weight is 276 g/mol. The van der Waals surface area contributed by atoms with Gasteiger partial charge < -0.3 is 15.6 Å². The number of hydrogen-bond donors (Lipinski definition) is 2. The van der Waals surface area contributed by atoms with E-state index in [1.54, 1.807) is 13.0 Å². The van der Waals surface area contributed by atoms with Gasteiger partial charge in [-0.15, -0.1) is 0 Å². The third-order valence-electron chi connectivity index (χ3n) is 2.62. The zero-order chi connectivity index (χ0) is 14.7. The number of nitrogens with one attached hydrogen (secondary N) is 1. The third-order valence-corrected chi connectivity index (χ3v) is 2.62. The lowest BCUT2D eigenvalue weighted by Gasteiger charge is -2.06. The molecule has 20 heavy (non-hydrogen) atoms. The van der Waals surface area contributed by atoms with Crippen LogP contribution in [-0.4, -0.2) is 16.0 Å². The molecule has 0 aliphatic carbocycles. The molecule has 1 aromatic heterocycles. The molecule has 0 spiro atoms. The van der Waals surface area contributed by atoms with E-state index in [1.807, 2.05) is 0 Å². The summed E-state index contributed by atoms with van der Waals surface area (Å²) in [5.41, 5.74) is 5.91. The first kappa shape index (κ1) is 13.5. The maximum absolute atomic E-state index is 11.9. The second-order valence-corrected chi connectivity index (χ2v) is 4.11. The smallest absolute Gasteiger partial charge is 0.292 e. The van der Waals surface area contributed by atoms with Crippen LogP contribution in [0, 0.1) is 17.0 Å². The molecule has 1 aromatic carbocycles. The Morgan fingerprint density at radius 3 is 2.90 bits per heavy atom. The van der Waals surface area contributed by atoms with Crippen LogP contribution in [-0.2, 0) is 6.54 Å². The van der Waals surface area contributed by atoms with Crippen LogP contribution < -0.4 is 11.1 Å². The van der Waals surface area contributed by atoms with Gasteiger partial charge in [-0.05, 0) is 13.0 Å². The summed E-state index contributed by atoms with van der Waals surface area (Å²) in [7, 11) is 0. The SMILES string of the molecule is Cc1cc(CNC(=O)c2cccc([N+](=O)[O-])c2N)on1. The van der Waals surface area contributed by atoms with Gasteiger partial charge in [0.2, 0.25) is 0 Å². The highest BCUT2D eigenvalue weighted by Gasteiger charge is 2.19. The van der Waals surface area contributed by atoms with Crippen LogP contribution >= 0.6 is 0 Å². The van der Waals surface area contributed by atoms with Crippen molar-refractivity contribution in [1.29, 1.82) is 0 Å². The van der Waals surface area contributed by atoms with Gasteiger partial charge in [0, 0.05) is 12.1 Å². The van der Waals surface area contributed by atoms with E-state index in [1.165, 1.54) is 18.2 Å². The zero-order valence-corrected chi connectivity index (χ0v) is 10.6. The number of carbonyl (C=O) groups is 1. The van der Waals surface area contributed by atoms with Gasteiger partial charge in [-0.25, -0.2) is 0 Å². The van der Waals surface area contributed by atoms with Gasteiger partial charge in [-0.3, -0.25) is 14.9 Å². The fourth-order valence-corrected chi connectivity index (χ4v) is 1.67. The van der Waals surface area contributed by atoms with E-state index < -0.39 is 10.8 Å². The van der Waals surface area contributed by atoms with E-state index in [9.17, 15) is 14.9 Å². The maximum atomic E-state index is 11.9. The number of rotatable bonds is 4. The van der Waals surface area contributed by atoms with Gasteiger partial charge in [-0.1, -0.05) is 11.2 Å². The van der Waals surface area contributed by atoms with Crippen molar-refractivity contribution in [3.05, 3.63) is 51.4 Å². The minimum atomic E-state index is -0.633. The molecule has 0 fully saturated rings. The highest BCUT2D eigenvalue weighted by Crippen LogP contribution is 2.24. The van der Waals surface area contributed by atoms with Crippen LogP contribution in [0.25, 0.3) is 0 Å². The minimum absolute atomic E-state index is 0.0513. The normalized spacial score (nSPS) is 10.2. The number of anilines is 1. The summed E-state index contributed by atoms with van der Waals surface area (Å²) in [5, 5.41) is 17.0. The molecule has 0 saturated carbocycles. The summed E-state index contributed by atoms with van der Waals surface area (Å²) in [6.07, 6.45) is 0. The Balaban J connectivity index is 2.13. The molecule has 0 saturated heterocycles. The van der Waals surface area contributed by atoms with Gasteiger partial charge in [0.1, 0.15) is 5.69 Å². The molecule has 104 valence electrons.